The van der Waals surface area contributed by atoms with Gasteiger partial charge in [-0.3, -0.25) is 0 Å². The van der Waals surface area contributed by atoms with Gasteiger partial charge in [-0.15, -0.1) is 0 Å². The van der Waals surface area contributed by atoms with E-state index in [9.17, 15) is 5.11 Å². The molecule has 1 aliphatic carbocycles. The summed E-state index contributed by atoms with van der Waals surface area (Å²) in [6.45, 7) is 2.35. The van der Waals surface area contributed by atoms with E-state index in [1.54, 1.807) is 0 Å². The summed E-state index contributed by atoms with van der Waals surface area (Å²) in [6.07, 6.45) is 5.69. The first kappa shape index (κ1) is 13.6. The molecule has 0 radical (unpaired) electrons. The number of rotatable bonds is 4. The van der Waals surface area contributed by atoms with Gasteiger partial charge in [-0.2, -0.15) is 0 Å². The normalized spacial score (nSPS) is 30.1. The number of nitrogens with two attached hydrogens (primary N) is 1. The van der Waals surface area contributed by atoms with Gasteiger partial charge < -0.3 is 10.8 Å². The van der Waals surface area contributed by atoms with Crippen LogP contribution >= 0.6 is 0 Å². The van der Waals surface area contributed by atoms with Gasteiger partial charge in [0.15, 0.2) is 0 Å². The van der Waals surface area contributed by atoms with Crippen molar-refractivity contribution in [3.8, 4) is 0 Å². The van der Waals surface area contributed by atoms with Gasteiger partial charge >= 0.3 is 0 Å². The van der Waals surface area contributed by atoms with Crippen LogP contribution < -0.4 is 5.73 Å². The van der Waals surface area contributed by atoms with Crippen LogP contribution in [0.4, 0.5) is 0 Å². The Balaban J connectivity index is 2.34. The molecule has 0 aliphatic heterocycles. The molecule has 2 heteroatoms. The van der Waals surface area contributed by atoms with E-state index in [0.717, 1.165) is 12.8 Å². The summed E-state index contributed by atoms with van der Waals surface area (Å²) >= 11 is 0. The number of aliphatic hydroxyl groups excluding tert-OH is 1. The van der Waals surface area contributed by atoms with E-state index in [-0.39, 0.29) is 18.1 Å². The van der Waals surface area contributed by atoms with Crippen molar-refractivity contribution in [1.29, 1.82) is 0 Å². The first-order chi connectivity index (χ1) is 8.70. The van der Waals surface area contributed by atoms with Crippen LogP contribution in [0.5, 0.6) is 0 Å². The average molecular weight is 247 g/mol. The van der Waals surface area contributed by atoms with Crippen molar-refractivity contribution in [2.24, 2.45) is 11.1 Å². The summed E-state index contributed by atoms with van der Waals surface area (Å²) in [5.41, 5.74) is 7.77. The minimum atomic E-state index is 0.0777. The topological polar surface area (TPSA) is 46.2 Å². The van der Waals surface area contributed by atoms with E-state index in [0.29, 0.717) is 5.92 Å². The van der Waals surface area contributed by atoms with E-state index >= 15 is 0 Å². The van der Waals surface area contributed by atoms with Gasteiger partial charge in [-0.05, 0) is 43.1 Å². The fourth-order valence-electron chi connectivity index (χ4n) is 3.73. The molecule has 0 spiro atoms. The van der Waals surface area contributed by atoms with Crippen molar-refractivity contribution in [2.45, 2.75) is 51.0 Å². The predicted octanol–water partition coefficient (Wildman–Crippen LogP) is 3.06. The largest absolute Gasteiger partial charge is 0.396 e. The van der Waals surface area contributed by atoms with Gasteiger partial charge in [-0.1, -0.05) is 43.2 Å². The van der Waals surface area contributed by atoms with Crippen molar-refractivity contribution in [2.75, 3.05) is 6.61 Å². The quantitative estimate of drug-likeness (QED) is 0.859. The predicted molar refractivity (Wildman–Crippen MR) is 75.4 cm³/mol. The molecule has 1 aliphatic rings. The van der Waals surface area contributed by atoms with Crippen LogP contribution in [0.1, 0.15) is 50.5 Å². The molecule has 0 heterocycles. The standard InChI is InChI=1S/C16H25NO/c1-13(17)16(11-12-18)10-6-5-9-15(16)14-7-3-2-4-8-14/h2-4,7-8,13,15,18H,5-6,9-12,17H2,1H3. The Morgan fingerprint density at radius 1 is 1.33 bits per heavy atom. The minimum Gasteiger partial charge on any atom is -0.396 e. The van der Waals surface area contributed by atoms with E-state index in [4.69, 9.17) is 5.73 Å². The summed E-state index contributed by atoms with van der Waals surface area (Å²) < 4.78 is 0. The van der Waals surface area contributed by atoms with Gasteiger partial charge in [-0.25, -0.2) is 0 Å². The average Bonchev–Trinajstić information content (AvgIpc) is 2.40. The van der Waals surface area contributed by atoms with Crippen LogP contribution in [0.25, 0.3) is 0 Å². The molecule has 0 aromatic heterocycles. The molecular weight excluding hydrogens is 222 g/mol. The van der Waals surface area contributed by atoms with Crippen molar-refractivity contribution in [3.63, 3.8) is 0 Å². The van der Waals surface area contributed by atoms with E-state index in [2.05, 4.69) is 37.3 Å². The second-order valence-corrected chi connectivity index (χ2v) is 5.70. The Morgan fingerprint density at radius 3 is 2.67 bits per heavy atom. The smallest absolute Gasteiger partial charge is 0.0437 e. The summed E-state index contributed by atoms with van der Waals surface area (Å²) in [4.78, 5) is 0. The maximum atomic E-state index is 9.44. The third-order valence-corrected chi connectivity index (χ3v) is 4.77. The zero-order valence-corrected chi connectivity index (χ0v) is 11.3. The van der Waals surface area contributed by atoms with Crippen LogP contribution in [0, 0.1) is 5.41 Å². The summed E-state index contributed by atoms with van der Waals surface area (Å²) in [5.74, 6) is 0.500. The molecule has 18 heavy (non-hydrogen) atoms. The first-order valence-corrected chi connectivity index (χ1v) is 7.12. The monoisotopic (exact) mass is 247 g/mol. The third-order valence-electron chi connectivity index (χ3n) is 4.77. The highest BCUT2D eigenvalue weighted by atomic mass is 16.3. The van der Waals surface area contributed by atoms with E-state index < -0.39 is 0 Å². The lowest BCUT2D eigenvalue weighted by molar-refractivity contribution is 0.0780. The number of aliphatic hydroxyl groups is 1. The van der Waals surface area contributed by atoms with Gasteiger partial charge in [0.1, 0.15) is 0 Å². The van der Waals surface area contributed by atoms with Gasteiger partial charge in [0.25, 0.3) is 0 Å². The van der Waals surface area contributed by atoms with Crippen molar-refractivity contribution in [3.05, 3.63) is 35.9 Å². The molecule has 1 fully saturated rings. The minimum absolute atomic E-state index is 0.0777. The van der Waals surface area contributed by atoms with Gasteiger partial charge in [0, 0.05) is 12.6 Å². The van der Waals surface area contributed by atoms with Crippen molar-refractivity contribution >= 4 is 0 Å². The zero-order chi connectivity index (χ0) is 13.0. The maximum Gasteiger partial charge on any atom is 0.0437 e. The molecule has 3 N–H and O–H groups in total. The Bertz CT molecular complexity index is 359. The highest BCUT2D eigenvalue weighted by Crippen LogP contribution is 2.51. The zero-order valence-electron chi connectivity index (χ0n) is 11.3. The molecular formula is C16H25NO. The Morgan fingerprint density at radius 2 is 2.06 bits per heavy atom. The van der Waals surface area contributed by atoms with Crippen LogP contribution in [0.3, 0.4) is 0 Å². The summed E-state index contributed by atoms with van der Waals surface area (Å²) in [5, 5.41) is 9.44. The van der Waals surface area contributed by atoms with Crippen LogP contribution in [-0.2, 0) is 0 Å². The maximum absolute atomic E-state index is 9.44. The molecule has 1 aromatic carbocycles. The Kier molecular flexibility index (Phi) is 4.41. The van der Waals surface area contributed by atoms with Crippen LogP contribution in [0.15, 0.2) is 30.3 Å². The lowest BCUT2D eigenvalue weighted by Crippen LogP contribution is -2.46. The van der Waals surface area contributed by atoms with Crippen molar-refractivity contribution < 1.29 is 5.11 Å². The molecule has 0 amide bonds. The summed E-state index contributed by atoms with van der Waals surface area (Å²) in [7, 11) is 0. The molecule has 1 aromatic rings. The van der Waals surface area contributed by atoms with Gasteiger partial charge in [0.2, 0.25) is 0 Å². The van der Waals surface area contributed by atoms with Crippen LogP contribution in [0.2, 0.25) is 0 Å². The van der Waals surface area contributed by atoms with Crippen molar-refractivity contribution in [1.82, 2.24) is 0 Å². The Hall–Kier alpha value is -0.860. The fraction of sp³-hybridized carbons (Fsp3) is 0.625. The summed E-state index contributed by atoms with van der Waals surface area (Å²) in [6, 6.07) is 10.8. The lowest BCUT2D eigenvalue weighted by atomic mass is 9.59. The molecule has 0 bridgehead atoms. The number of hydrogen-bond acceptors (Lipinski definition) is 2. The third kappa shape index (κ3) is 2.45. The molecule has 1 saturated carbocycles. The fourth-order valence-corrected chi connectivity index (χ4v) is 3.73. The molecule has 3 atom stereocenters. The van der Waals surface area contributed by atoms with E-state index in [1.165, 1.54) is 24.8 Å². The van der Waals surface area contributed by atoms with Gasteiger partial charge in [0.05, 0.1) is 0 Å². The lowest BCUT2D eigenvalue weighted by Gasteiger charge is -2.47. The molecule has 2 rings (SSSR count). The van der Waals surface area contributed by atoms with E-state index in [1.807, 2.05) is 0 Å². The second kappa shape index (κ2) is 5.85. The number of hydrogen-bond donors (Lipinski definition) is 2. The highest BCUT2D eigenvalue weighted by Gasteiger charge is 2.43. The molecule has 0 saturated heterocycles. The molecule has 2 nitrogen and oxygen atoms in total. The first-order valence-electron chi connectivity index (χ1n) is 7.12. The molecule has 3 unspecified atom stereocenters. The SMILES string of the molecule is CC(N)C1(CCO)CCCCC1c1ccccc1. The number of benzene rings is 1. The van der Waals surface area contributed by atoms with Crippen LogP contribution in [-0.4, -0.2) is 17.8 Å². The highest BCUT2D eigenvalue weighted by molar-refractivity contribution is 5.24. The second-order valence-electron chi connectivity index (χ2n) is 5.70. The molecule has 100 valence electrons. The Labute approximate surface area is 110 Å².